The number of carbonyl (C=O) groups excluding carboxylic acids is 2. The average Bonchev–Trinajstić information content (AvgIpc) is 3.22. The Morgan fingerprint density at radius 2 is 1.92 bits per heavy atom. The third kappa shape index (κ3) is 3.90. The van der Waals surface area contributed by atoms with Gasteiger partial charge in [-0.3, -0.25) is 9.59 Å². The third-order valence-electron chi connectivity index (χ3n) is 4.85. The molecule has 138 valence electrons. The molecule has 1 saturated heterocycles. The largest absolute Gasteiger partial charge is 0.496 e. The van der Waals surface area contributed by atoms with Crippen molar-refractivity contribution in [1.29, 1.82) is 0 Å². The van der Waals surface area contributed by atoms with Crippen LogP contribution in [0.1, 0.15) is 41.9 Å². The molecule has 2 heterocycles. The number of amides is 2. The maximum absolute atomic E-state index is 12.6. The molecule has 1 atom stereocenters. The van der Waals surface area contributed by atoms with Crippen LogP contribution in [0.5, 0.6) is 5.75 Å². The van der Waals surface area contributed by atoms with Gasteiger partial charge in [-0.15, -0.1) is 0 Å². The summed E-state index contributed by atoms with van der Waals surface area (Å²) in [4.78, 5) is 26.6. The van der Waals surface area contributed by atoms with Crippen molar-refractivity contribution in [2.24, 2.45) is 5.92 Å². The van der Waals surface area contributed by atoms with Crippen molar-refractivity contribution >= 4 is 11.8 Å². The number of hydrogen-bond acceptors (Lipinski definition) is 4. The zero-order chi connectivity index (χ0) is 18.5. The van der Waals surface area contributed by atoms with Gasteiger partial charge in [0.2, 0.25) is 5.91 Å². The SMILES string of the molecule is COc1ccccc1[C@H](C)NC(=O)C1CCN(C(=O)c2ccco2)CC1. The van der Waals surface area contributed by atoms with Gasteiger partial charge in [0, 0.05) is 24.6 Å². The molecule has 1 aromatic heterocycles. The van der Waals surface area contributed by atoms with E-state index in [1.807, 2.05) is 31.2 Å². The van der Waals surface area contributed by atoms with Crippen LogP contribution in [0, 0.1) is 5.92 Å². The average molecular weight is 356 g/mol. The Morgan fingerprint density at radius 1 is 1.19 bits per heavy atom. The predicted octanol–water partition coefficient (Wildman–Crippen LogP) is 3.02. The van der Waals surface area contributed by atoms with Crippen molar-refractivity contribution in [1.82, 2.24) is 10.2 Å². The molecule has 2 amide bonds. The summed E-state index contributed by atoms with van der Waals surface area (Å²) in [5.74, 6) is 0.925. The molecule has 1 aromatic carbocycles. The summed E-state index contributed by atoms with van der Waals surface area (Å²) in [6, 6.07) is 10.9. The standard InChI is InChI=1S/C20H24N2O4/c1-14(16-6-3-4-7-17(16)25-2)21-19(23)15-9-11-22(12-10-15)20(24)18-8-5-13-26-18/h3-8,13-15H,9-12H2,1-2H3,(H,21,23)/t14-/m0/s1. The van der Waals surface area contributed by atoms with E-state index < -0.39 is 0 Å². The number of methoxy groups -OCH3 is 1. The lowest BCUT2D eigenvalue weighted by atomic mass is 9.95. The molecule has 1 aliphatic heterocycles. The monoisotopic (exact) mass is 356 g/mol. The lowest BCUT2D eigenvalue weighted by Crippen LogP contribution is -2.43. The topological polar surface area (TPSA) is 71.8 Å². The molecule has 6 heteroatoms. The number of nitrogens with zero attached hydrogens (tertiary/aromatic N) is 1. The van der Waals surface area contributed by atoms with Gasteiger partial charge in [0.1, 0.15) is 5.75 Å². The minimum atomic E-state index is -0.138. The van der Waals surface area contributed by atoms with Crippen LogP contribution < -0.4 is 10.1 Å². The fourth-order valence-corrected chi connectivity index (χ4v) is 3.33. The lowest BCUT2D eigenvalue weighted by molar-refractivity contribution is -0.127. The van der Waals surface area contributed by atoms with E-state index in [1.165, 1.54) is 6.26 Å². The summed E-state index contributed by atoms with van der Waals surface area (Å²) >= 11 is 0. The number of likely N-dealkylation sites (tertiary alicyclic amines) is 1. The molecule has 26 heavy (non-hydrogen) atoms. The summed E-state index contributed by atoms with van der Waals surface area (Å²) in [6.07, 6.45) is 2.79. The Bertz CT molecular complexity index is 749. The van der Waals surface area contributed by atoms with Crippen LogP contribution >= 0.6 is 0 Å². The van der Waals surface area contributed by atoms with Gasteiger partial charge in [0.25, 0.3) is 5.91 Å². The first-order valence-electron chi connectivity index (χ1n) is 8.86. The van der Waals surface area contributed by atoms with E-state index in [2.05, 4.69) is 5.32 Å². The summed E-state index contributed by atoms with van der Waals surface area (Å²) in [5.41, 5.74) is 0.953. The molecular weight excluding hydrogens is 332 g/mol. The Hall–Kier alpha value is -2.76. The number of rotatable bonds is 5. The van der Waals surface area contributed by atoms with Crippen molar-refractivity contribution in [2.75, 3.05) is 20.2 Å². The quantitative estimate of drug-likeness (QED) is 0.894. The molecular formula is C20H24N2O4. The van der Waals surface area contributed by atoms with Gasteiger partial charge in [-0.2, -0.15) is 0 Å². The highest BCUT2D eigenvalue weighted by Crippen LogP contribution is 2.26. The van der Waals surface area contributed by atoms with Crippen LogP contribution in [0.15, 0.2) is 47.1 Å². The molecule has 1 N–H and O–H groups in total. The van der Waals surface area contributed by atoms with Crippen LogP contribution in [0.25, 0.3) is 0 Å². The maximum atomic E-state index is 12.6. The molecule has 2 aromatic rings. The molecule has 0 unspecified atom stereocenters. The van der Waals surface area contributed by atoms with E-state index in [0.717, 1.165) is 11.3 Å². The molecule has 0 aliphatic carbocycles. The first-order chi connectivity index (χ1) is 12.6. The second-order valence-electron chi connectivity index (χ2n) is 6.52. The maximum Gasteiger partial charge on any atom is 0.289 e. The number of benzene rings is 1. The van der Waals surface area contributed by atoms with E-state index in [9.17, 15) is 9.59 Å². The predicted molar refractivity (Wildman–Crippen MR) is 96.9 cm³/mol. The van der Waals surface area contributed by atoms with Gasteiger partial charge in [-0.1, -0.05) is 18.2 Å². The lowest BCUT2D eigenvalue weighted by Gasteiger charge is -2.31. The molecule has 0 bridgehead atoms. The van der Waals surface area contributed by atoms with E-state index in [4.69, 9.17) is 9.15 Å². The number of nitrogens with one attached hydrogen (secondary N) is 1. The number of furan rings is 1. The highest BCUT2D eigenvalue weighted by Gasteiger charge is 2.29. The molecule has 0 spiro atoms. The number of piperidine rings is 1. The fraction of sp³-hybridized carbons (Fsp3) is 0.400. The minimum Gasteiger partial charge on any atom is -0.496 e. The molecule has 1 fully saturated rings. The molecule has 1 aliphatic rings. The molecule has 0 saturated carbocycles. The summed E-state index contributed by atoms with van der Waals surface area (Å²) in [7, 11) is 1.62. The Balaban J connectivity index is 1.54. The van der Waals surface area contributed by atoms with Gasteiger partial charge in [0.15, 0.2) is 5.76 Å². The van der Waals surface area contributed by atoms with Crippen LogP contribution in [0.3, 0.4) is 0 Å². The zero-order valence-electron chi connectivity index (χ0n) is 15.1. The Kier molecular flexibility index (Phi) is 5.61. The van der Waals surface area contributed by atoms with Crippen LogP contribution in [-0.4, -0.2) is 36.9 Å². The van der Waals surface area contributed by atoms with Gasteiger partial charge in [-0.25, -0.2) is 0 Å². The first-order valence-corrected chi connectivity index (χ1v) is 8.86. The minimum absolute atomic E-state index is 0.0218. The summed E-state index contributed by atoms with van der Waals surface area (Å²) in [5, 5.41) is 3.07. The van der Waals surface area contributed by atoms with Gasteiger partial charge in [-0.05, 0) is 38.0 Å². The first kappa shape index (κ1) is 18.0. The van der Waals surface area contributed by atoms with Gasteiger partial charge < -0.3 is 19.4 Å². The number of para-hydroxylation sites is 1. The normalized spacial score (nSPS) is 16.2. The number of hydrogen-bond donors (Lipinski definition) is 1. The van der Waals surface area contributed by atoms with E-state index >= 15 is 0 Å². The zero-order valence-corrected chi connectivity index (χ0v) is 15.1. The third-order valence-corrected chi connectivity index (χ3v) is 4.85. The van der Waals surface area contributed by atoms with Crippen LogP contribution in [0.2, 0.25) is 0 Å². The van der Waals surface area contributed by atoms with Crippen molar-refractivity contribution < 1.29 is 18.7 Å². The molecule has 0 radical (unpaired) electrons. The van der Waals surface area contributed by atoms with Gasteiger partial charge in [0.05, 0.1) is 19.4 Å². The Labute approximate surface area is 153 Å². The smallest absolute Gasteiger partial charge is 0.289 e. The second-order valence-corrected chi connectivity index (χ2v) is 6.52. The van der Waals surface area contributed by atoms with Crippen LogP contribution in [-0.2, 0) is 4.79 Å². The molecule has 6 nitrogen and oxygen atoms in total. The van der Waals surface area contributed by atoms with Crippen LogP contribution in [0.4, 0.5) is 0 Å². The summed E-state index contributed by atoms with van der Waals surface area (Å²) < 4.78 is 10.5. The van der Waals surface area contributed by atoms with Crippen molar-refractivity contribution in [3.05, 3.63) is 54.0 Å². The van der Waals surface area contributed by atoms with E-state index in [-0.39, 0.29) is 23.8 Å². The van der Waals surface area contributed by atoms with Crippen molar-refractivity contribution in [2.45, 2.75) is 25.8 Å². The Morgan fingerprint density at radius 3 is 2.58 bits per heavy atom. The summed E-state index contributed by atoms with van der Waals surface area (Å²) in [6.45, 7) is 3.06. The number of carbonyl (C=O) groups is 2. The second kappa shape index (κ2) is 8.08. The van der Waals surface area contributed by atoms with Gasteiger partial charge >= 0.3 is 0 Å². The van der Waals surface area contributed by atoms with E-state index in [1.54, 1.807) is 24.1 Å². The van der Waals surface area contributed by atoms with E-state index in [0.29, 0.717) is 31.7 Å². The van der Waals surface area contributed by atoms with Crippen molar-refractivity contribution in [3.8, 4) is 5.75 Å². The highest BCUT2D eigenvalue weighted by atomic mass is 16.5. The fourth-order valence-electron chi connectivity index (χ4n) is 3.33. The molecule has 3 rings (SSSR count). The highest BCUT2D eigenvalue weighted by molar-refractivity contribution is 5.91. The van der Waals surface area contributed by atoms with Crippen molar-refractivity contribution in [3.63, 3.8) is 0 Å². The number of ether oxygens (including phenoxy) is 1.